The summed E-state index contributed by atoms with van der Waals surface area (Å²) >= 11 is 0. The van der Waals surface area contributed by atoms with Gasteiger partial charge in [0.2, 0.25) is 5.91 Å². The maximum absolute atomic E-state index is 11.8. The lowest BCUT2D eigenvalue weighted by Crippen LogP contribution is -2.40. The molecular formula is C13H23NO. The minimum atomic E-state index is 0.166. The van der Waals surface area contributed by atoms with Crippen molar-refractivity contribution in [3.05, 3.63) is 12.2 Å². The summed E-state index contributed by atoms with van der Waals surface area (Å²) in [5.74, 6) is 1.71. The first-order valence-corrected chi connectivity index (χ1v) is 6.03. The number of nitrogens with zero attached hydrogens (tertiary/aromatic N) is 1. The van der Waals surface area contributed by atoms with Gasteiger partial charge >= 0.3 is 0 Å². The van der Waals surface area contributed by atoms with Gasteiger partial charge in [0.1, 0.15) is 0 Å². The summed E-state index contributed by atoms with van der Waals surface area (Å²) in [7, 11) is 0. The van der Waals surface area contributed by atoms with Gasteiger partial charge in [-0.1, -0.05) is 27.4 Å². The van der Waals surface area contributed by atoms with Crippen molar-refractivity contribution >= 4 is 5.91 Å². The maximum Gasteiger partial charge on any atom is 0.249 e. The third-order valence-electron chi connectivity index (χ3n) is 3.50. The zero-order chi connectivity index (χ0) is 11.4. The molecule has 2 heteroatoms. The Balaban J connectivity index is 2.44. The monoisotopic (exact) mass is 209 g/mol. The first kappa shape index (κ1) is 12.3. The number of piperidine rings is 1. The molecule has 0 N–H and O–H groups in total. The zero-order valence-electron chi connectivity index (χ0n) is 10.3. The first-order chi connectivity index (χ1) is 7.06. The number of carbonyl (C=O) groups is 1. The van der Waals surface area contributed by atoms with E-state index in [1.165, 1.54) is 0 Å². The van der Waals surface area contributed by atoms with Crippen LogP contribution in [0.15, 0.2) is 12.2 Å². The van der Waals surface area contributed by atoms with E-state index in [2.05, 4.69) is 20.4 Å². The molecule has 1 heterocycles. The van der Waals surface area contributed by atoms with E-state index in [1.54, 1.807) is 0 Å². The van der Waals surface area contributed by atoms with Crippen LogP contribution in [0.2, 0.25) is 0 Å². The third kappa shape index (κ3) is 3.08. The van der Waals surface area contributed by atoms with Crippen LogP contribution in [0.1, 0.15) is 40.0 Å². The summed E-state index contributed by atoms with van der Waals surface area (Å²) < 4.78 is 0. The number of hydrogen-bond donors (Lipinski definition) is 0. The Bertz CT molecular complexity index is 237. The van der Waals surface area contributed by atoms with E-state index < -0.39 is 0 Å². The smallest absolute Gasteiger partial charge is 0.249 e. The van der Waals surface area contributed by atoms with E-state index in [0.717, 1.165) is 49.8 Å². The second-order valence-corrected chi connectivity index (χ2v) is 4.83. The van der Waals surface area contributed by atoms with Crippen LogP contribution in [0.3, 0.4) is 0 Å². The number of likely N-dealkylation sites (tertiary alicyclic amines) is 1. The molecule has 1 amide bonds. The van der Waals surface area contributed by atoms with Crippen molar-refractivity contribution in [2.24, 2.45) is 11.8 Å². The fourth-order valence-electron chi connectivity index (χ4n) is 2.14. The summed E-state index contributed by atoms with van der Waals surface area (Å²) in [4.78, 5) is 13.8. The van der Waals surface area contributed by atoms with Crippen LogP contribution >= 0.6 is 0 Å². The van der Waals surface area contributed by atoms with E-state index in [0.29, 0.717) is 0 Å². The molecule has 0 aromatic carbocycles. The molecule has 0 bridgehead atoms. The normalized spacial score (nSPS) is 18.3. The van der Waals surface area contributed by atoms with E-state index in [4.69, 9.17) is 0 Å². The standard InChI is InChI=1S/C13H23NO/c1-5-11(4)13(15)14-8-6-12(7-9-14)10(2)3/h10,12H,4-9H2,1-3H3. The molecule has 1 aliphatic heterocycles. The van der Waals surface area contributed by atoms with Gasteiger partial charge in [0.15, 0.2) is 0 Å². The van der Waals surface area contributed by atoms with Crippen LogP contribution in [0.25, 0.3) is 0 Å². The minimum absolute atomic E-state index is 0.166. The molecular weight excluding hydrogens is 186 g/mol. The average Bonchev–Trinajstić information content (AvgIpc) is 2.27. The number of amides is 1. The number of carbonyl (C=O) groups excluding carboxylic acids is 1. The Hall–Kier alpha value is -0.790. The highest BCUT2D eigenvalue weighted by Crippen LogP contribution is 2.25. The Morgan fingerprint density at radius 2 is 1.93 bits per heavy atom. The molecule has 0 aromatic heterocycles. The van der Waals surface area contributed by atoms with Gasteiger partial charge in [-0.15, -0.1) is 0 Å². The Morgan fingerprint density at radius 1 is 1.40 bits per heavy atom. The van der Waals surface area contributed by atoms with E-state index in [1.807, 2.05) is 11.8 Å². The topological polar surface area (TPSA) is 20.3 Å². The molecule has 0 aromatic rings. The van der Waals surface area contributed by atoms with E-state index in [-0.39, 0.29) is 5.91 Å². The predicted molar refractivity (Wildman–Crippen MR) is 63.6 cm³/mol. The Labute approximate surface area is 93.3 Å². The summed E-state index contributed by atoms with van der Waals surface area (Å²) in [6, 6.07) is 0. The van der Waals surface area contributed by atoms with Gasteiger partial charge < -0.3 is 4.90 Å². The van der Waals surface area contributed by atoms with Crippen LogP contribution in [-0.4, -0.2) is 23.9 Å². The lowest BCUT2D eigenvalue weighted by Gasteiger charge is -2.34. The van der Waals surface area contributed by atoms with E-state index in [9.17, 15) is 4.79 Å². The minimum Gasteiger partial charge on any atom is -0.339 e. The van der Waals surface area contributed by atoms with E-state index >= 15 is 0 Å². The van der Waals surface area contributed by atoms with Crippen molar-refractivity contribution in [2.75, 3.05) is 13.1 Å². The lowest BCUT2D eigenvalue weighted by molar-refractivity contribution is -0.128. The molecule has 1 fully saturated rings. The van der Waals surface area contributed by atoms with Crippen LogP contribution in [0, 0.1) is 11.8 Å². The highest BCUT2D eigenvalue weighted by atomic mass is 16.2. The van der Waals surface area contributed by atoms with Gasteiger partial charge in [0, 0.05) is 18.7 Å². The molecule has 0 aliphatic carbocycles. The highest BCUT2D eigenvalue weighted by molar-refractivity contribution is 5.92. The van der Waals surface area contributed by atoms with Gasteiger partial charge in [0.25, 0.3) is 0 Å². The van der Waals surface area contributed by atoms with Crippen molar-refractivity contribution in [1.29, 1.82) is 0 Å². The van der Waals surface area contributed by atoms with Crippen molar-refractivity contribution in [3.8, 4) is 0 Å². The van der Waals surface area contributed by atoms with Crippen molar-refractivity contribution in [1.82, 2.24) is 4.90 Å². The van der Waals surface area contributed by atoms with Crippen LogP contribution in [-0.2, 0) is 4.79 Å². The molecule has 0 radical (unpaired) electrons. The third-order valence-corrected chi connectivity index (χ3v) is 3.50. The molecule has 0 saturated carbocycles. The van der Waals surface area contributed by atoms with Gasteiger partial charge in [0.05, 0.1) is 0 Å². The predicted octanol–water partition coefficient (Wildman–Crippen LogP) is 2.85. The molecule has 1 saturated heterocycles. The molecule has 0 unspecified atom stereocenters. The zero-order valence-corrected chi connectivity index (χ0v) is 10.3. The fraction of sp³-hybridized carbons (Fsp3) is 0.769. The van der Waals surface area contributed by atoms with Gasteiger partial charge in [-0.2, -0.15) is 0 Å². The van der Waals surface area contributed by atoms with Crippen LogP contribution in [0.4, 0.5) is 0 Å². The molecule has 0 spiro atoms. The second-order valence-electron chi connectivity index (χ2n) is 4.83. The van der Waals surface area contributed by atoms with Crippen molar-refractivity contribution < 1.29 is 4.79 Å². The summed E-state index contributed by atoms with van der Waals surface area (Å²) in [5.41, 5.74) is 0.748. The fourth-order valence-corrected chi connectivity index (χ4v) is 2.14. The molecule has 2 nitrogen and oxygen atoms in total. The molecule has 0 atom stereocenters. The highest BCUT2D eigenvalue weighted by Gasteiger charge is 2.24. The van der Waals surface area contributed by atoms with Gasteiger partial charge in [-0.05, 0) is 31.1 Å². The maximum atomic E-state index is 11.8. The lowest BCUT2D eigenvalue weighted by atomic mass is 9.86. The molecule has 1 rings (SSSR count). The SMILES string of the molecule is C=C(CC)C(=O)N1CCC(C(C)C)CC1. The molecule has 15 heavy (non-hydrogen) atoms. The van der Waals surface area contributed by atoms with Gasteiger partial charge in [-0.3, -0.25) is 4.79 Å². The Kier molecular flexibility index (Phi) is 4.37. The largest absolute Gasteiger partial charge is 0.339 e. The summed E-state index contributed by atoms with van der Waals surface area (Å²) in [6.45, 7) is 12.2. The number of hydrogen-bond acceptors (Lipinski definition) is 1. The average molecular weight is 209 g/mol. The van der Waals surface area contributed by atoms with Gasteiger partial charge in [-0.25, -0.2) is 0 Å². The molecule has 1 aliphatic rings. The van der Waals surface area contributed by atoms with Crippen LogP contribution in [0.5, 0.6) is 0 Å². The Morgan fingerprint density at radius 3 is 2.33 bits per heavy atom. The summed E-state index contributed by atoms with van der Waals surface area (Å²) in [5, 5.41) is 0. The first-order valence-electron chi connectivity index (χ1n) is 6.03. The second kappa shape index (κ2) is 5.34. The quantitative estimate of drug-likeness (QED) is 0.654. The van der Waals surface area contributed by atoms with Crippen LogP contribution < -0.4 is 0 Å². The summed E-state index contributed by atoms with van der Waals surface area (Å²) in [6.07, 6.45) is 3.07. The molecule has 86 valence electrons. The van der Waals surface area contributed by atoms with Crippen molar-refractivity contribution in [3.63, 3.8) is 0 Å². The van der Waals surface area contributed by atoms with Crippen molar-refractivity contribution in [2.45, 2.75) is 40.0 Å². The number of rotatable bonds is 3.